The summed E-state index contributed by atoms with van der Waals surface area (Å²) in [5.74, 6) is -0.980. The highest BCUT2D eigenvalue weighted by Crippen LogP contribution is 2.14. The van der Waals surface area contributed by atoms with Crippen LogP contribution in [0.5, 0.6) is 0 Å². The first-order valence-electron chi connectivity index (χ1n) is 4.56. The number of nitrogens with one attached hydrogen (secondary N) is 1. The zero-order chi connectivity index (χ0) is 13.5. The maximum absolute atomic E-state index is 11.7. The van der Waals surface area contributed by atoms with Gasteiger partial charge in [0.15, 0.2) is 0 Å². The van der Waals surface area contributed by atoms with E-state index in [9.17, 15) is 18.0 Å². The second-order valence-corrected chi connectivity index (χ2v) is 3.41. The van der Waals surface area contributed by atoms with E-state index in [1.54, 1.807) is 0 Å². The topological polar surface area (TPSA) is 99.0 Å². The third kappa shape index (κ3) is 6.41. The molecule has 0 aliphatic heterocycles. The number of ether oxygens (including phenoxy) is 1. The fraction of sp³-hybridized carbons (Fsp3) is 0.875. The fourth-order valence-electron chi connectivity index (χ4n) is 0.860. The van der Waals surface area contributed by atoms with Crippen molar-refractivity contribution in [3.63, 3.8) is 0 Å². The summed E-state index contributed by atoms with van der Waals surface area (Å²) in [5.41, 5.74) is -1.67. The van der Waals surface area contributed by atoms with Crippen LogP contribution in [0.1, 0.15) is 0 Å². The van der Waals surface area contributed by atoms with E-state index in [-0.39, 0.29) is 0 Å². The van der Waals surface area contributed by atoms with Crippen LogP contribution in [0.25, 0.3) is 0 Å². The molecule has 0 spiro atoms. The van der Waals surface area contributed by atoms with Crippen LogP contribution in [0.2, 0.25) is 0 Å². The SMILES string of the molecule is O=C(COCC(F)(F)F)NC(CO)(CO)CO. The molecule has 0 saturated carbocycles. The molecule has 0 radical (unpaired) electrons. The van der Waals surface area contributed by atoms with Crippen LogP contribution in [-0.4, -0.2) is 66.0 Å². The molecule has 0 heterocycles. The zero-order valence-corrected chi connectivity index (χ0v) is 8.83. The summed E-state index contributed by atoms with van der Waals surface area (Å²) >= 11 is 0. The summed E-state index contributed by atoms with van der Waals surface area (Å²) in [6.07, 6.45) is -4.54. The van der Waals surface area contributed by atoms with E-state index in [1.807, 2.05) is 5.32 Å². The van der Waals surface area contributed by atoms with Crippen molar-refractivity contribution in [1.29, 1.82) is 0 Å². The summed E-state index contributed by atoms with van der Waals surface area (Å²) in [6, 6.07) is 0. The maximum atomic E-state index is 11.7. The Kier molecular flexibility index (Phi) is 6.39. The van der Waals surface area contributed by atoms with Gasteiger partial charge >= 0.3 is 6.18 Å². The first kappa shape index (κ1) is 16.1. The minimum atomic E-state index is -4.54. The van der Waals surface area contributed by atoms with Crippen LogP contribution in [0, 0.1) is 0 Å². The minimum absolute atomic E-state index is 0.759. The zero-order valence-electron chi connectivity index (χ0n) is 8.83. The van der Waals surface area contributed by atoms with Crippen molar-refractivity contribution in [2.75, 3.05) is 33.0 Å². The largest absolute Gasteiger partial charge is 0.411 e. The molecule has 6 nitrogen and oxygen atoms in total. The van der Waals surface area contributed by atoms with E-state index in [0.717, 1.165) is 0 Å². The molecule has 17 heavy (non-hydrogen) atoms. The quantitative estimate of drug-likeness (QED) is 0.442. The molecule has 0 rings (SSSR count). The molecule has 102 valence electrons. The van der Waals surface area contributed by atoms with Gasteiger partial charge < -0.3 is 25.4 Å². The fourth-order valence-corrected chi connectivity index (χ4v) is 0.860. The van der Waals surface area contributed by atoms with Gasteiger partial charge in [0.1, 0.15) is 18.8 Å². The average Bonchev–Trinajstić information content (AvgIpc) is 2.24. The lowest BCUT2D eigenvalue weighted by molar-refractivity contribution is -0.176. The number of hydrogen-bond donors (Lipinski definition) is 4. The van der Waals surface area contributed by atoms with Gasteiger partial charge in [-0.05, 0) is 0 Å². The highest BCUT2D eigenvalue weighted by atomic mass is 19.4. The molecule has 0 aliphatic carbocycles. The standard InChI is InChI=1S/C8H14F3NO5/c9-8(10,11)5-17-1-6(16)12-7(2-13,3-14)4-15/h13-15H,1-5H2,(H,12,16). The Balaban J connectivity index is 4.08. The maximum Gasteiger partial charge on any atom is 0.411 e. The van der Waals surface area contributed by atoms with Gasteiger partial charge in [0, 0.05) is 0 Å². The Labute approximate surface area is 95.0 Å². The second-order valence-electron chi connectivity index (χ2n) is 3.41. The summed E-state index contributed by atoms with van der Waals surface area (Å²) in [5, 5.41) is 28.5. The number of carbonyl (C=O) groups is 1. The third-order valence-electron chi connectivity index (χ3n) is 1.81. The number of halogens is 3. The molecule has 0 unspecified atom stereocenters. The van der Waals surface area contributed by atoms with E-state index in [2.05, 4.69) is 4.74 Å². The van der Waals surface area contributed by atoms with Gasteiger partial charge in [0.25, 0.3) is 0 Å². The van der Waals surface area contributed by atoms with Crippen molar-refractivity contribution in [3.8, 4) is 0 Å². The number of aliphatic hydroxyl groups is 3. The molecule has 1 amide bonds. The summed E-state index contributed by atoms with van der Waals surface area (Å²) in [6.45, 7) is -4.74. The van der Waals surface area contributed by atoms with Crippen LogP contribution in [0.4, 0.5) is 13.2 Å². The van der Waals surface area contributed by atoms with E-state index < -0.39 is 50.7 Å². The molecule has 0 aromatic heterocycles. The summed E-state index contributed by atoms with van der Waals surface area (Å²) < 4.78 is 39.1. The second kappa shape index (κ2) is 6.74. The van der Waals surface area contributed by atoms with E-state index >= 15 is 0 Å². The molecule has 0 aliphatic rings. The van der Waals surface area contributed by atoms with Crippen molar-refractivity contribution < 1.29 is 38.0 Å². The number of rotatable bonds is 7. The molecular formula is C8H14F3NO5. The van der Waals surface area contributed by atoms with Crippen LogP contribution in [-0.2, 0) is 9.53 Å². The lowest BCUT2D eigenvalue weighted by atomic mass is 10.0. The summed E-state index contributed by atoms with van der Waals surface area (Å²) in [4.78, 5) is 11.1. The Morgan fingerprint density at radius 2 is 1.59 bits per heavy atom. The van der Waals surface area contributed by atoms with Gasteiger partial charge in [-0.1, -0.05) is 0 Å². The molecule has 0 bridgehead atoms. The van der Waals surface area contributed by atoms with Gasteiger partial charge in [-0.3, -0.25) is 4.79 Å². The predicted octanol–water partition coefficient (Wildman–Crippen LogP) is -1.60. The predicted molar refractivity (Wildman–Crippen MR) is 49.0 cm³/mol. The van der Waals surface area contributed by atoms with Crippen molar-refractivity contribution in [2.45, 2.75) is 11.7 Å². The molecular weight excluding hydrogens is 247 g/mol. The van der Waals surface area contributed by atoms with Crippen LogP contribution in [0.15, 0.2) is 0 Å². The van der Waals surface area contributed by atoms with Gasteiger partial charge in [0.05, 0.1) is 19.8 Å². The third-order valence-corrected chi connectivity index (χ3v) is 1.81. The van der Waals surface area contributed by atoms with E-state index in [4.69, 9.17) is 15.3 Å². The van der Waals surface area contributed by atoms with Gasteiger partial charge in [-0.2, -0.15) is 13.2 Å². The smallest absolute Gasteiger partial charge is 0.394 e. The molecule has 0 aromatic carbocycles. The Morgan fingerprint density at radius 1 is 1.12 bits per heavy atom. The highest BCUT2D eigenvalue weighted by Gasteiger charge is 2.31. The normalized spacial score (nSPS) is 12.6. The number of amides is 1. The first-order valence-corrected chi connectivity index (χ1v) is 4.56. The molecule has 4 N–H and O–H groups in total. The van der Waals surface area contributed by atoms with Crippen LogP contribution in [0.3, 0.4) is 0 Å². The monoisotopic (exact) mass is 261 g/mol. The average molecular weight is 261 g/mol. The minimum Gasteiger partial charge on any atom is -0.394 e. The van der Waals surface area contributed by atoms with Crippen molar-refractivity contribution in [2.24, 2.45) is 0 Å². The van der Waals surface area contributed by atoms with E-state index in [0.29, 0.717) is 0 Å². The van der Waals surface area contributed by atoms with Crippen LogP contribution >= 0.6 is 0 Å². The molecule has 0 atom stereocenters. The van der Waals surface area contributed by atoms with Crippen molar-refractivity contribution in [1.82, 2.24) is 5.32 Å². The van der Waals surface area contributed by atoms with Crippen molar-refractivity contribution in [3.05, 3.63) is 0 Å². The highest BCUT2D eigenvalue weighted by molar-refractivity contribution is 5.78. The van der Waals surface area contributed by atoms with Gasteiger partial charge in [0.2, 0.25) is 5.91 Å². The summed E-state index contributed by atoms with van der Waals surface area (Å²) in [7, 11) is 0. The van der Waals surface area contributed by atoms with Gasteiger partial charge in [-0.25, -0.2) is 0 Å². The van der Waals surface area contributed by atoms with Crippen molar-refractivity contribution >= 4 is 5.91 Å². The Hall–Kier alpha value is -0.900. The molecule has 0 saturated heterocycles. The lowest BCUT2D eigenvalue weighted by Crippen LogP contribution is -2.57. The van der Waals surface area contributed by atoms with Gasteiger partial charge in [-0.15, -0.1) is 0 Å². The molecule has 0 aromatic rings. The van der Waals surface area contributed by atoms with E-state index in [1.165, 1.54) is 0 Å². The molecule has 0 fully saturated rings. The Bertz CT molecular complexity index is 234. The van der Waals surface area contributed by atoms with Crippen LogP contribution < -0.4 is 5.32 Å². The number of carbonyl (C=O) groups excluding carboxylic acids is 1. The number of aliphatic hydroxyl groups excluding tert-OH is 3. The Morgan fingerprint density at radius 3 is 1.94 bits per heavy atom. The molecule has 9 heteroatoms. The number of hydrogen-bond acceptors (Lipinski definition) is 5. The first-order chi connectivity index (χ1) is 7.78. The lowest BCUT2D eigenvalue weighted by Gasteiger charge is -2.28. The number of alkyl halides is 3.